The third kappa shape index (κ3) is 4.99. The highest BCUT2D eigenvalue weighted by atomic mass is 35.5. The van der Waals surface area contributed by atoms with E-state index in [1.165, 1.54) is 5.56 Å². The van der Waals surface area contributed by atoms with E-state index in [4.69, 9.17) is 34.8 Å². The van der Waals surface area contributed by atoms with E-state index in [2.05, 4.69) is 15.0 Å². The molecule has 21 heavy (non-hydrogen) atoms. The van der Waals surface area contributed by atoms with Crippen LogP contribution in [0.5, 0.6) is 0 Å². The zero-order valence-corrected chi connectivity index (χ0v) is 13.8. The zero-order chi connectivity index (χ0) is 15.2. The second kappa shape index (κ2) is 7.78. The lowest BCUT2D eigenvalue weighted by molar-refractivity contribution is 0.722. The molecule has 1 heterocycles. The molecule has 2 rings (SSSR count). The van der Waals surface area contributed by atoms with Crippen molar-refractivity contribution >= 4 is 40.8 Å². The molecule has 7 heteroatoms. The molecule has 0 radical (unpaired) electrons. The Balaban J connectivity index is 1.94. The number of halogens is 3. The minimum absolute atomic E-state index is 0.112. The second-order valence-electron chi connectivity index (χ2n) is 4.48. The molecule has 0 atom stereocenters. The summed E-state index contributed by atoms with van der Waals surface area (Å²) < 4.78 is 0. The zero-order valence-electron chi connectivity index (χ0n) is 11.6. The number of hydrogen-bond donors (Lipinski definition) is 0. The van der Waals surface area contributed by atoms with Crippen LogP contribution in [0.25, 0.3) is 0 Å². The van der Waals surface area contributed by atoms with Crippen molar-refractivity contribution < 1.29 is 0 Å². The van der Waals surface area contributed by atoms with Crippen molar-refractivity contribution in [2.24, 2.45) is 0 Å². The molecule has 0 saturated carbocycles. The highest BCUT2D eigenvalue weighted by Crippen LogP contribution is 2.15. The van der Waals surface area contributed by atoms with E-state index in [1.54, 1.807) is 0 Å². The van der Waals surface area contributed by atoms with E-state index < -0.39 is 0 Å². The summed E-state index contributed by atoms with van der Waals surface area (Å²) in [7, 11) is 0. The van der Waals surface area contributed by atoms with E-state index in [0.717, 1.165) is 31.0 Å². The molecule has 0 aliphatic carbocycles. The predicted octanol–water partition coefficient (Wildman–Crippen LogP) is 4.29. The van der Waals surface area contributed by atoms with Gasteiger partial charge in [0.2, 0.25) is 16.5 Å². The molecular formula is C14H15Cl3N4. The first-order valence-corrected chi connectivity index (χ1v) is 7.78. The molecule has 0 unspecified atom stereocenters. The number of aromatic nitrogens is 3. The molecular weight excluding hydrogens is 331 g/mol. The molecule has 1 aromatic carbocycles. The molecule has 4 nitrogen and oxygen atoms in total. The average Bonchev–Trinajstić information content (AvgIpc) is 2.44. The van der Waals surface area contributed by atoms with Crippen LogP contribution in [0.1, 0.15) is 18.9 Å². The Labute approximate surface area is 139 Å². The first kappa shape index (κ1) is 16.3. The summed E-state index contributed by atoms with van der Waals surface area (Å²) in [4.78, 5) is 14.0. The third-order valence-electron chi connectivity index (χ3n) is 3.04. The van der Waals surface area contributed by atoms with Gasteiger partial charge in [-0.15, -0.1) is 0 Å². The van der Waals surface area contributed by atoms with E-state index in [9.17, 15) is 0 Å². The Morgan fingerprint density at radius 3 is 2.14 bits per heavy atom. The van der Waals surface area contributed by atoms with Gasteiger partial charge in [-0.2, -0.15) is 15.0 Å². The van der Waals surface area contributed by atoms with Crippen LogP contribution in [0.3, 0.4) is 0 Å². The van der Waals surface area contributed by atoms with Crippen molar-refractivity contribution in [3.63, 3.8) is 0 Å². The van der Waals surface area contributed by atoms with Crippen LogP contribution < -0.4 is 4.90 Å². The van der Waals surface area contributed by atoms with Gasteiger partial charge in [0, 0.05) is 18.1 Å². The Morgan fingerprint density at radius 1 is 0.952 bits per heavy atom. The van der Waals surface area contributed by atoms with Gasteiger partial charge in [-0.3, -0.25) is 0 Å². The molecule has 0 bridgehead atoms. The Hall–Kier alpha value is -1.10. The van der Waals surface area contributed by atoms with Gasteiger partial charge in [-0.05, 0) is 60.7 Å². The number of benzene rings is 1. The summed E-state index contributed by atoms with van der Waals surface area (Å²) >= 11 is 17.5. The molecule has 0 N–H and O–H groups in total. The van der Waals surface area contributed by atoms with Gasteiger partial charge in [-0.25, -0.2) is 0 Å². The van der Waals surface area contributed by atoms with Gasteiger partial charge < -0.3 is 4.90 Å². The highest BCUT2D eigenvalue weighted by Gasteiger charge is 2.10. The van der Waals surface area contributed by atoms with E-state index >= 15 is 0 Å². The van der Waals surface area contributed by atoms with Crippen LogP contribution in [-0.2, 0) is 6.42 Å². The molecule has 0 spiro atoms. The number of rotatable bonds is 6. The number of anilines is 1. The third-order valence-corrected chi connectivity index (χ3v) is 3.63. The van der Waals surface area contributed by atoms with E-state index in [0.29, 0.717) is 5.95 Å². The lowest BCUT2D eigenvalue weighted by Gasteiger charge is -2.20. The minimum Gasteiger partial charge on any atom is -0.341 e. The first-order chi connectivity index (χ1) is 10.1. The van der Waals surface area contributed by atoms with Crippen molar-refractivity contribution in [1.29, 1.82) is 0 Å². The fourth-order valence-electron chi connectivity index (χ4n) is 1.98. The van der Waals surface area contributed by atoms with Crippen LogP contribution in [-0.4, -0.2) is 28.0 Å². The standard InChI is InChI=1S/C14H15Cl3N4/c1-2-21(14-19-12(16)18-13(17)20-14)9-3-4-10-5-7-11(15)8-6-10/h5-8H,2-4,9H2,1H3. The number of hydrogen-bond acceptors (Lipinski definition) is 4. The fourth-order valence-corrected chi connectivity index (χ4v) is 2.46. The topological polar surface area (TPSA) is 41.9 Å². The lowest BCUT2D eigenvalue weighted by Crippen LogP contribution is -2.26. The minimum atomic E-state index is 0.112. The molecule has 0 fully saturated rings. The Morgan fingerprint density at radius 2 is 1.57 bits per heavy atom. The second-order valence-corrected chi connectivity index (χ2v) is 5.60. The Bertz CT molecular complexity index is 569. The smallest absolute Gasteiger partial charge is 0.230 e. The van der Waals surface area contributed by atoms with Crippen LogP contribution in [0, 0.1) is 0 Å². The highest BCUT2D eigenvalue weighted by molar-refractivity contribution is 6.31. The normalized spacial score (nSPS) is 10.7. The van der Waals surface area contributed by atoms with Crippen LogP contribution in [0.2, 0.25) is 15.6 Å². The van der Waals surface area contributed by atoms with Crippen molar-refractivity contribution in [3.05, 3.63) is 45.4 Å². The fraction of sp³-hybridized carbons (Fsp3) is 0.357. The maximum atomic E-state index is 5.87. The molecule has 0 aliphatic rings. The first-order valence-electron chi connectivity index (χ1n) is 6.65. The van der Waals surface area contributed by atoms with Crippen molar-refractivity contribution in [3.8, 4) is 0 Å². The summed E-state index contributed by atoms with van der Waals surface area (Å²) in [5.74, 6) is 0.513. The SMILES string of the molecule is CCN(CCCc1ccc(Cl)cc1)c1nc(Cl)nc(Cl)n1. The van der Waals surface area contributed by atoms with Crippen LogP contribution in [0.4, 0.5) is 5.95 Å². The van der Waals surface area contributed by atoms with Crippen molar-refractivity contribution in [2.45, 2.75) is 19.8 Å². The van der Waals surface area contributed by atoms with Gasteiger partial charge in [-0.1, -0.05) is 23.7 Å². The molecule has 0 saturated heterocycles. The van der Waals surface area contributed by atoms with E-state index in [-0.39, 0.29) is 10.6 Å². The van der Waals surface area contributed by atoms with Gasteiger partial charge >= 0.3 is 0 Å². The summed E-state index contributed by atoms with van der Waals surface area (Å²) in [6, 6.07) is 7.88. The lowest BCUT2D eigenvalue weighted by atomic mass is 10.1. The maximum Gasteiger partial charge on any atom is 0.230 e. The predicted molar refractivity (Wildman–Crippen MR) is 87.5 cm³/mol. The monoisotopic (exact) mass is 344 g/mol. The molecule has 0 aliphatic heterocycles. The molecule has 2 aromatic rings. The van der Waals surface area contributed by atoms with Gasteiger partial charge in [0.25, 0.3) is 0 Å². The summed E-state index contributed by atoms with van der Waals surface area (Å²) in [5, 5.41) is 0.978. The quantitative estimate of drug-likeness (QED) is 0.783. The summed E-state index contributed by atoms with van der Waals surface area (Å²) in [6.07, 6.45) is 1.93. The molecule has 0 amide bonds. The van der Waals surface area contributed by atoms with Gasteiger partial charge in [0.05, 0.1) is 0 Å². The van der Waals surface area contributed by atoms with E-state index in [1.807, 2.05) is 36.1 Å². The number of aryl methyl sites for hydroxylation is 1. The molecule has 1 aromatic heterocycles. The van der Waals surface area contributed by atoms with Gasteiger partial charge in [0.15, 0.2) is 0 Å². The average molecular weight is 346 g/mol. The summed E-state index contributed by atoms with van der Waals surface area (Å²) in [6.45, 7) is 3.63. The largest absolute Gasteiger partial charge is 0.341 e. The van der Waals surface area contributed by atoms with Crippen LogP contribution >= 0.6 is 34.8 Å². The maximum absolute atomic E-state index is 5.87. The van der Waals surface area contributed by atoms with Crippen LogP contribution in [0.15, 0.2) is 24.3 Å². The molecule has 112 valence electrons. The van der Waals surface area contributed by atoms with Crippen molar-refractivity contribution in [2.75, 3.05) is 18.0 Å². The van der Waals surface area contributed by atoms with Crippen molar-refractivity contribution in [1.82, 2.24) is 15.0 Å². The Kier molecular flexibility index (Phi) is 6.03. The van der Waals surface area contributed by atoms with Gasteiger partial charge in [0.1, 0.15) is 0 Å². The number of nitrogens with zero attached hydrogens (tertiary/aromatic N) is 4. The summed E-state index contributed by atoms with van der Waals surface area (Å²) in [5.41, 5.74) is 1.25.